The molecule has 0 amide bonds. The van der Waals surface area contributed by atoms with Crippen LogP contribution < -0.4 is 4.90 Å². The van der Waals surface area contributed by atoms with Crippen LogP contribution in [0.3, 0.4) is 0 Å². The first-order valence-electron chi connectivity index (χ1n) is 18.2. The first-order valence-corrected chi connectivity index (χ1v) is 18.2. The Morgan fingerprint density at radius 2 is 1.10 bits per heavy atom. The Morgan fingerprint density at radius 3 is 1.87 bits per heavy atom. The number of benzene rings is 7. The lowest BCUT2D eigenvalue weighted by Gasteiger charge is -2.33. The van der Waals surface area contributed by atoms with Crippen molar-refractivity contribution in [1.82, 2.24) is 9.13 Å². The molecule has 3 nitrogen and oxygen atoms in total. The van der Waals surface area contributed by atoms with Crippen LogP contribution in [0.1, 0.15) is 24.5 Å². The summed E-state index contributed by atoms with van der Waals surface area (Å²) >= 11 is 0. The standard InChI is InChI=1S/C49H35N3/c1-49-31-30-34(32-46(49)51(35-14-4-2-5-15-35)44-23-13-10-20-41(44)49)33-24-26-37(27-25-33)50-43-22-12-9-19-40(43)47-45(50)29-28-39-38-18-8-11-21-42(38)52(48(39)47)36-16-6-3-7-17-36/h2-30,32H,31H2,1H3. The molecule has 7 aromatic carbocycles. The number of nitrogens with zero attached hydrogens (tertiary/aromatic N) is 3. The lowest BCUT2D eigenvalue weighted by atomic mass is 9.74. The third-order valence-corrected chi connectivity index (χ3v) is 11.5. The smallest absolute Gasteiger partial charge is 0.0641 e. The number of aromatic nitrogens is 2. The van der Waals surface area contributed by atoms with E-state index in [9.17, 15) is 0 Å². The number of allylic oxidation sites excluding steroid dienone is 4. The summed E-state index contributed by atoms with van der Waals surface area (Å²) in [7, 11) is 0. The van der Waals surface area contributed by atoms with Crippen molar-refractivity contribution in [3.8, 4) is 11.4 Å². The largest absolute Gasteiger partial charge is 0.313 e. The maximum Gasteiger partial charge on any atom is 0.0641 e. The highest BCUT2D eigenvalue weighted by atomic mass is 15.2. The molecular formula is C49H35N3. The third kappa shape index (κ3) is 4.02. The van der Waals surface area contributed by atoms with Crippen LogP contribution in [0.4, 0.5) is 11.4 Å². The van der Waals surface area contributed by atoms with Crippen molar-refractivity contribution in [1.29, 1.82) is 0 Å². The lowest BCUT2D eigenvalue weighted by Crippen LogP contribution is -2.27. The molecule has 11 rings (SSSR count). The van der Waals surface area contributed by atoms with Crippen molar-refractivity contribution in [2.24, 2.45) is 0 Å². The van der Waals surface area contributed by atoms with E-state index >= 15 is 0 Å². The Labute approximate surface area is 302 Å². The molecule has 9 aromatic rings. The van der Waals surface area contributed by atoms with E-state index in [1.807, 2.05) is 0 Å². The van der Waals surface area contributed by atoms with E-state index < -0.39 is 0 Å². The molecule has 1 unspecified atom stereocenters. The fourth-order valence-electron chi connectivity index (χ4n) is 9.10. The summed E-state index contributed by atoms with van der Waals surface area (Å²) in [5, 5.41) is 5.07. The molecule has 0 radical (unpaired) electrons. The molecule has 3 heteroatoms. The van der Waals surface area contributed by atoms with Gasteiger partial charge in [0, 0.05) is 55.4 Å². The minimum atomic E-state index is -0.0770. The van der Waals surface area contributed by atoms with Gasteiger partial charge in [0.05, 0.1) is 22.1 Å². The van der Waals surface area contributed by atoms with Crippen molar-refractivity contribution in [3.05, 3.63) is 199 Å². The Morgan fingerprint density at radius 1 is 0.481 bits per heavy atom. The molecular weight excluding hydrogens is 631 g/mol. The van der Waals surface area contributed by atoms with Gasteiger partial charge in [0.2, 0.25) is 0 Å². The van der Waals surface area contributed by atoms with Crippen molar-refractivity contribution >= 4 is 60.6 Å². The Hall–Kier alpha value is -6.58. The quantitative estimate of drug-likeness (QED) is 0.182. The van der Waals surface area contributed by atoms with E-state index in [2.05, 4.69) is 203 Å². The first-order chi connectivity index (χ1) is 25.7. The zero-order valence-electron chi connectivity index (χ0n) is 28.9. The van der Waals surface area contributed by atoms with Crippen LogP contribution in [0.25, 0.3) is 60.6 Å². The van der Waals surface area contributed by atoms with Crippen LogP contribution in [0.15, 0.2) is 188 Å². The van der Waals surface area contributed by atoms with Crippen LogP contribution in [0.5, 0.6) is 0 Å². The van der Waals surface area contributed by atoms with Crippen LogP contribution in [0.2, 0.25) is 0 Å². The van der Waals surface area contributed by atoms with Crippen LogP contribution in [0, 0.1) is 0 Å². The second-order valence-electron chi connectivity index (χ2n) is 14.4. The maximum absolute atomic E-state index is 2.46. The summed E-state index contributed by atoms with van der Waals surface area (Å²) in [6.45, 7) is 2.40. The summed E-state index contributed by atoms with van der Waals surface area (Å²) in [5.74, 6) is 0. The lowest BCUT2D eigenvalue weighted by molar-refractivity contribution is 0.579. The Bertz CT molecular complexity index is 2920. The molecule has 0 spiro atoms. The number of para-hydroxylation sites is 5. The molecule has 2 aliphatic rings. The number of hydrogen-bond acceptors (Lipinski definition) is 1. The van der Waals surface area contributed by atoms with Gasteiger partial charge in [-0.15, -0.1) is 0 Å². The molecule has 1 aliphatic heterocycles. The average molecular weight is 666 g/mol. The van der Waals surface area contributed by atoms with Gasteiger partial charge in [0.25, 0.3) is 0 Å². The predicted molar refractivity (Wildman–Crippen MR) is 218 cm³/mol. The second kappa shape index (κ2) is 11.0. The molecule has 0 fully saturated rings. The van der Waals surface area contributed by atoms with Crippen molar-refractivity contribution in [3.63, 3.8) is 0 Å². The molecule has 1 aliphatic carbocycles. The number of rotatable bonds is 4. The van der Waals surface area contributed by atoms with Crippen LogP contribution in [-0.2, 0) is 5.41 Å². The Kier molecular flexibility index (Phi) is 6.15. The number of anilines is 2. The van der Waals surface area contributed by atoms with Gasteiger partial charge in [-0.3, -0.25) is 0 Å². The fraction of sp³-hybridized carbons (Fsp3) is 0.0612. The normalized spacial score (nSPS) is 16.8. The predicted octanol–water partition coefficient (Wildman–Crippen LogP) is 12.7. The van der Waals surface area contributed by atoms with E-state index in [-0.39, 0.29) is 5.41 Å². The third-order valence-electron chi connectivity index (χ3n) is 11.5. The van der Waals surface area contributed by atoms with Crippen molar-refractivity contribution < 1.29 is 0 Å². The van der Waals surface area contributed by atoms with Crippen molar-refractivity contribution in [2.45, 2.75) is 18.8 Å². The molecule has 52 heavy (non-hydrogen) atoms. The second-order valence-corrected chi connectivity index (χ2v) is 14.4. The molecule has 0 saturated carbocycles. The fourth-order valence-corrected chi connectivity index (χ4v) is 9.10. The van der Waals surface area contributed by atoms with Gasteiger partial charge < -0.3 is 14.0 Å². The molecule has 0 saturated heterocycles. The number of fused-ring (bicyclic) bond motifs is 10. The van der Waals surface area contributed by atoms with Gasteiger partial charge in [-0.1, -0.05) is 115 Å². The summed E-state index contributed by atoms with van der Waals surface area (Å²) in [5.41, 5.74) is 14.8. The van der Waals surface area contributed by atoms with Gasteiger partial charge in [-0.2, -0.15) is 0 Å². The Balaban J connectivity index is 1.07. The maximum atomic E-state index is 2.46. The molecule has 0 N–H and O–H groups in total. The van der Waals surface area contributed by atoms with E-state index in [4.69, 9.17) is 0 Å². The van der Waals surface area contributed by atoms with Gasteiger partial charge in [0.15, 0.2) is 0 Å². The van der Waals surface area contributed by atoms with Crippen LogP contribution in [-0.4, -0.2) is 9.13 Å². The van der Waals surface area contributed by atoms with E-state index in [1.54, 1.807) is 0 Å². The first kappa shape index (κ1) is 29.2. The zero-order chi connectivity index (χ0) is 34.4. The molecule has 246 valence electrons. The average Bonchev–Trinajstić information content (AvgIpc) is 3.82. The summed E-state index contributed by atoms with van der Waals surface area (Å²) in [6.07, 6.45) is 5.81. The topological polar surface area (TPSA) is 13.1 Å². The van der Waals surface area contributed by atoms with Gasteiger partial charge in [-0.25, -0.2) is 0 Å². The minimum absolute atomic E-state index is 0.0770. The number of hydrogen-bond donors (Lipinski definition) is 0. The molecule has 1 atom stereocenters. The van der Waals surface area contributed by atoms with Crippen LogP contribution >= 0.6 is 0 Å². The monoisotopic (exact) mass is 665 g/mol. The van der Waals surface area contributed by atoms with Gasteiger partial charge in [0.1, 0.15) is 0 Å². The molecule has 3 heterocycles. The van der Waals surface area contributed by atoms with E-state index in [1.165, 1.54) is 83.1 Å². The molecule has 0 bridgehead atoms. The summed E-state index contributed by atoms with van der Waals surface area (Å²) < 4.78 is 4.89. The zero-order valence-corrected chi connectivity index (χ0v) is 28.9. The summed E-state index contributed by atoms with van der Waals surface area (Å²) in [6, 6.07) is 61.9. The minimum Gasteiger partial charge on any atom is -0.313 e. The van der Waals surface area contributed by atoms with E-state index in [0.717, 1.165) is 12.1 Å². The van der Waals surface area contributed by atoms with Crippen molar-refractivity contribution in [2.75, 3.05) is 4.90 Å². The SMILES string of the molecule is CC12CC=C(c3ccc(-n4c5ccccc5c5c4ccc4c6ccccc6n(-c6ccccc6)c45)cc3)C=C1N(c1ccccc1)c1ccccc12. The van der Waals surface area contributed by atoms with Gasteiger partial charge in [-0.05, 0) is 96.8 Å². The highest BCUT2D eigenvalue weighted by molar-refractivity contribution is 6.26. The van der Waals surface area contributed by atoms with Gasteiger partial charge >= 0.3 is 0 Å². The van der Waals surface area contributed by atoms with E-state index in [0.29, 0.717) is 0 Å². The summed E-state index contributed by atoms with van der Waals surface area (Å²) in [4.78, 5) is 2.46. The molecule has 2 aromatic heterocycles. The highest BCUT2D eigenvalue weighted by Gasteiger charge is 2.45. The highest BCUT2D eigenvalue weighted by Crippen LogP contribution is 2.55.